The zero-order valence-electron chi connectivity index (χ0n) is 17.8. The Hall–Kier alpha value is -2.36. The molecule has 3 heterocycles. The first kappa shape index (κ1) is 19.3. The van der Waals surface area contributed by atoms with Crippen LogP contribution in [0.3, 0.4) is 0 Å². The summed E-state index contributed by atoms with van der Waals surface area (Å²) in [7, 11) is 0. The molecule has 3 aromatic carbocycles. The van der Waals surface area contributed by atoms with E-state index in [-0.39, 0.29) is 0 Å². The van der Waals surface area contributed by atoms with Crippen LogP contribution >= 0.6 is 11.8 Å². The van der Waals surface area contributed by atoms with Gasteiger partial charge in [0.15, 0.2) is 0 Å². The van der Waals surface area contributed by atoms with Crippen molar-refractivity contribution in [1.29, 1.82) is 0 Å². The normalized spacial score (nSPS) is 23.5. The predicted molar refractivity (Wildman–Crippen MR) is 132 cm³/mol. The van der Waals surface area contributed by atoms with Gasteiger partial charge in [-0.05, 0) is 60.1 Å². The summed E-state index contributed by atoms with van der Waals surface area (Å²) in [5, 5.41) is 3.98. The van der Waals surface area contributed by atoms with Crippen LogP contribution in [0.1, 0.15) is 37.2 Å². The summed E-state index contributed by atoms with van der Waals surface area (Å²) in [6, 6.07) is 28.1. The number of fused-ring (bicyclic) bond motifs is 4. The Morgan fingerprint density at radius 2 is 1.58 bits per heavy atom. The van der Waals surface area contributed by atoms with E-state index in [1.165, 1.54) is 53.3 Å². The molecule has 6 rings (SSSR count). The molecule has 2 nitrogen and oxygen atoms in total. The van der Waals surface area contributed by atoms with Gasteiger partial charge in [-0.25, -0.2) is 0 Å². The topological polar surface area (TPSA) is 16.1 Å². The molecule has 1 aromatic heterocycles. The fourth-order valence-electron chi connectivity index (χ4n) is 5.83. The lowest BCUT2D eigenvalue weighted by Crippen LogP contribution is -2.43. The molecule has 3 heteroatoms. The number of piperidine rings is 1. The Kier molecular flexibility index (Phi) is 5.17. The molecule has 0 aliphatic carbocycles. The van der Waals surface area contributed by atoms with E-state index in [4.69, 9.17) is 0 Å². The average molecular weight is 425 g/mol. The highest BCUT2D eigenvalue weighted by Gasteiger charge is 2.40. The van der Waals surface area contributed by atoms with Gasteiger partial charge in [0.1, 0.15) is 0 Å². The summed E-state index contributed by atoms with van der Waals surface area (Å²) in [5.74, 6) is 1.86. The number of benzene rings is 3. The van der Waals surface area contributed by atoms with Crippen LogP contribution < -0.4 is 0 Å². The number of pyridine rings is 1. The molecule has 4 aromatic rings. The molecule has 2 bridgehead atoms. The quantitative estimate of drug-likeness (QED) is 0.325. The third-order valence-electron chi connectivity index (χ3n) is 7.33. The Morgan fingerprint density at radius 1 is 0.806 bits per heavy atom. The molecule has 2 atom stereocenters. The smallest absolute Gasteiger partial charge is 0.0837 e. The first-order chi connectivity index (χ1) is 15.3. The Bertz CT molecular complexity index is 1200. The van der Waals surface area contributed by atoms with Gasteiger partial charge in [0.25, 0.3) is 0 Å². The number of rotatable bonds is 5. The van der Waals surface area contributed by atoms with Gasteiger partial charge in [-0.15, -0.1) is 11.8 Å². The molecule has 31 heavy (non-hydrogen) atoms. The molecular weight excluding hydrogens is 396 g/mol. The fraction of sp³-hybridized carbons (Fsp3) is 0.321. The second-order valence-corrected chi connectivity index (χ2v) is 10.2. The lowest BCUT2D eigenvalue weighted by molar-refractivity contribution is 0.135. The average Bonchev–Trinajstić information content (AvgIpc) is 3.05. The summed E-state index contributed by atoms with van der Waals surface area (Å²) in [6.07, 6.45) is 7.28. The maximum absolute atomic E-state index is 4.62. The molecule has 2 aliphatic rings. The zero-order valence-corrected chi connectivity index (χ0v) is 18.6. The van der Waals surface area contributed by atoms with Gasteiger partial charge in [0.2, 0.25) is 0 Å². The van der Waals surface area contributed by atoms with E-state index in [9.17, 15) is 0 Å². The van der Waals surface area contributed by atoms with Crippen LogP contribution in [-0.2, 0) is 0 Å². The predicted octanol–water partition coefficient (Wildman–Crippen LogP) is 6.89. The molecule has 0 amide bonds. The van der Waals surface area contributed by atoms with Gasteiger partial charge < -0.3 is 0 Å². The summed E-state index contributed by atoms with van der Waals surface area (Å²) in [6.45, 7) is 1.19. The molecule has 2 aliphatic heterocycles. The monoisotopic (exact) mass is 424 g/mol. The lowest BCUT2D eigenvalue weighted by Gasteiger charge is -2.39. The van der Waals surface area contributed by atoms with E-state index in [0.717, 1.165) is 23.4 Å². The van der Waals surface area contributed by atoms with Crippen LogP contribution in [0.5, 0.6) is 0 Å². The van der Waals surface area contributed by atoms with Crippen LogP contribution in [-0.4, -0.2) is 34.3 Å². The van der Waals surface area contributed by atoms with Crippen molar-refractivity contribution < 1.29 is 0 Å². The van der Waals surface area contributed by atoms with Crippen LogP contribution in [0, 0.1) is 0 Å². The van der Waals surface area contributed by atoms with Crippen molar-refractivity contribution in [3.8, 4) is 0 Å². The Morgan fingerprint density at radius 3 is 2.45 bits per heavy atom. The third kappa shape index (κ3) is 3.75. The van der Waals surface area contributed by atoms with Crippen molar-refractivity contribution >= 4 is 33.4 Å². The number of thioether (sulfide) groups is 1. The highest BCUT2D eigenvalue weighted by molar-refractivity contribution is 7.99. The molecule has 2 fully saturated rings. The number of para-hydroxylation sites is 1. The molecule has 2 unspecified atom stereocenters. The Balaban J connectivity index is 1.12. The summed E-state index contributed by atoms with van der Waals surface area (Å²) in [4.78, 5) is 8.76. The van der Waals surface area contributed by atoms with Gasteiger partial charge in [0.05, 0.1) is 5.52 Å². The zero-order chi connectivity index (χ0) is 20.6. The second kappa shape index (κ2) is 8.29. The maximum atomic E-state index is 4.62. The van der Waals surface area contributed by atoms with Gasteiger partial charge in [-0.2, -0.15) is 0 Å². The summed E-state index contributed by atoms with van der Waals surface area (Å²) >= 11 is 1.97. The molecule has 0 N–H and O–H groups in total. The van der Waals surface area contributed by atoms with E-state index in [1.54, 1.807) is 5.56 Å². The highest BCUT2D eigenvalue weighted by Crippen LogP contribution is 2.43. The minimum absolute atomic E-state index is 0.716. The molecule has 0 spiro atoms. The third-order valence-corrected chi connectivity index (χ3v) is 8.36. The van der Waals surface area contributed by atoms with Crippen LogP contribution in [0.4, 0.5) is 0 Å². The standard InChI is InChI=1S/C28H28N2S/c1-2-6-22-17-23(11-10-20(22)5-1)24-18-25-12-13-26(19-24)30(25)15-16-31-27-9-3-7-21-8-4-14-29-28(21)27/h1-11,14,17,24-26H,12-13,15-16,18-19H2. The van der Waals surface area contributed by atoms with Crippen molar-refractivity contribution in [2.75, 3.05) is 12.3 Å². The summed E-state index contributed by atoms with van der Waals surface area (Å²) < 4.78 is 0. The lowest BCUT2D eigenvalue weighted by atomic mass is 9.84. The fourth-order valence-corrected chi connectivity index (χ4v) is 6.83. The van der Waals surface area contributed by atoms with E-state index in [2.05, 4.69) is 76.6 Å². The molecule has 156 valence electrons. The Labute approximate surface area is 188 Å². The largest absolute Gasteiger partial charge is 0.297 e. The molecule has 0 saturated carbocycles. The van der Waals surface area contributed by atoms with E-state index in [1.807, 2.05) is 24.0 Å². The summed E-state index contributed by atoms with van der Waals surface area (Å²) in [5.41, 5.74) is 2.69. The van der Waals surface area contributed by atoms with Crippen molar-refractivity contribution in [3.63, 3.8) is 0 Å². The van der Waals surface area contributed by atoms with Gasteiger partial charge in [-0.3, -0.25) is 9.88 Å². The van der Waals surface area contributed by atoms with Crippen molar-refractivity contribution in [2.45, 2.75) is 48.6 Å². The molecule has 2 saturated heterocycles. The van der Waals surface area contributed by atoms with Crippen LogP contribution in [0.25, 0.3) is 21.7 Å². The SMILES string of the molecule is c1ccc2cc(C3CC4CCC(C3)N4CCSc3cccc4cccnc34)ccc2c1. The first-order valence-electron chi connectivity index (χ1n) is 11.6. The van der Waals surface area contributed by atoms with Gasteiger partial charge >= 0.3 is 0 Å². The van der Waals surface area contributed by atoms with Crippen molar-refractivity contribution in [2.24, 2.45) is 0 Å². The number of hydrogen-bond acceptors (Lipinski definition) is 3. The number of aromatic nitrogens is 1. The van der Waals surface area contributed by atoms with Crippen molar-refractivity contribution in [3.05, 3.63) is 84.6 Å². The molecule has 0 radical (unpaired) electrons. The second-order valence-electron chi connectivity index (χ2n) is 9.08. The van der Waals surface area contributed by atoms with Crippen molar-refractivity contribution in [1.82, 2.24) is 9.88 Å². The molecular formula is C28H28N2S. The first-order valence-corrected chi connectivity index (χ1v) is 12.5. The minimum atomic E-state index is 0.716. The van der Waals surface area contributed by atoms with E-state index >= 15 is 0 Å². The minimum Gasteiger partial charge on any atom is -0.297 e. The number of hydrogen-bond donors (Lipinski definition) is 0. The van der Waals surface area contributed by atoms with E-state index in [0.29, 0.717) is 5.92 Å². The van der Waals surface area contributed by atoms with Crippen LogP contribution in [0.15, 0.2) is 83.9 Å². The highest BCUT2D eigenvalue weighted by atomic mass is 32.2. The van der Waals surface area contributed by atoms with E-state index < -0.39 is 0 Å². The van der Waals surface area contributed by atoms with Gasteiger partial charge in [0, 0.05) is 40.9 Å². The van der Waals surface area contributed by atoms with Gasteiger partial charge in [-0.1, -0.05) is 60.7 Å². The number of nitrogens with zero attached hydrogens (tertiary/aromatic N) is 2. The maximum Gasteiger partial charge on any atom is 0.0837 e. The van der Waals surface area contributed by atoms with Crippen LogP contribution in [0.2, 0.25) is 0 Å².